The number of hydrogen-bond donors (Lipinski definition) is 1. The van der Waals surface area contributed by atoms with E-state index in [1.165, 1.54) is 6.07 Å². The van der Waals surface area contributed by atoms with E-state index < -0.39 is 26.5 Å². The van der Waals surface area contributed by atoms with Crippen molar-refractivity contribution < 1.29 is 21.6 Å². The van der Waals surface area contributed by atoms with Gasteiger partial charge in [-0.2, -0.15) is 13.2 Å². The lowest BCUT2D eigenvalue weighted by molar-refractivity contribution is -0.139. The zero-order valence-corrected chi connectivity index (χ0v) is 12.7. The van der Waals surface area contributed by atoms with E-state index in [-0.39, 0.29) is 17.3 Å². The maximum absolute atomic E-state index is 13.2. The Kier molecular flexibility index (Phi) is 3.98. The van der Waals surface area contributed by atoms with Gasteiger partial charge in [0.1, 0.15) is 0 Å². The monoisotopic (exact) mass is 334 g/mol. The molecular weight excluding hydrogens is 321 g/mol. The standard InChI is InChI=1S/C12H13F3N4O2S/c1-6(2)7-4-5-8(12(13,14)15)10(22(3,20)21)9(7)11-16-18-19-17-11/h4-6H,1-3H3,(H,16,17,18,19). The van der Waals surface area contributed by atoms with E-state index in [4.69, 9.17) is 0 Å². The molecule has 2 aromatic rings. The number of H-pyrrole nitrogens is 1. The van der Waals surface area contributed by atoms with Gasteiger partial charge in [-0.3, -0.25) is 0 Å². The quantitative estimate of drug-likeness (QED) is 0.931. The van der Waals surface area contributed by atoms with Gasteiger partial charge in [-0.15, -0.1) is 5.10 Å². The van der Waals surface area contributed by atoms with Crippen LogP contribution in [0.25, 0.3) is 11.4 Å². The summed E-state index contributed by atoms with van der Waals surface area (Å²) in [6, 6.07) is 2.03. The second kappa shape index (κ2) is 5.34. The minimum atomic E-state index is -4.81. The van der Waals surface area contributed by atoms with Crippen molar-refractivity contribution >= 4 is 9.84 Å². The number of sulfone groups is 1. The Balaban J connectivity index is 2.99. The normalized spacial score (nSPS) is 12.9. The second-order valence-corrected chi connectivity index (χ2v) is 7.03. The third-order valence-corrected chi connectivity index (χ3v) is 4.24. The molecule has 0 amide bonds. The average molecular weight is 334 g/mol. The van der Waals surface area contributed by atoms with Crippen molar-refractivity contribution in [2.45, 2.75) is 30.8 Å². The SMILES string of the molecule is CC(C)c1ccc(C(F)(F)F)c(S(C)(=O)=O)c1-c1nnn[nH]1. The maximum atomic E-state index is 13.2. The van der Waals surface area contributed by atoms with Gasteiger partial charge in [0.05, 0.1) is 10.5 Å². The van der Waals surface area contributed by atoms with Gasteiger partial charge in [0.15, 0.2) is 15.7 Å². The summed E-state index contributed by atoms with van der Waals surface area (Å²) in [7, 11) is -4.16. The Morgan fingerprint density at radius 2 is 1.86 bits per heavy atom. The van der Waals surface area contributed by atoms with E-state index in [0.29, 0.717) is 5.56 Å². The summed E-state index contributed by atoms with van der Waals surface area (Å²) in [5.41, 5.74) is -0.963. The van der Waals surface area contributed by atoms with E-state index in [2.05, 4.69) is 20.6 Å². The topological polar surface area (TPSA) is 88.6 Å². The van der Waals surface area contributed by atoms with Crippen molar-refractivity contribution in [2.75, 3.05) is 6.26 Å². The number of aromatic nitrogens is 4. The minimum Gasteiger partial charge on any atom is -0.239 e. The van der Waals surface area contributed by atoms with Crippen molar-refractivity contribution in [1.82, 2.24) is 20.6 Å². The number of nitrogens with zero attached hydrogens (tertiary/aromatic N) is 3. The smallest absolute Gasteiger partial charge is 0.239 e. The summed E-state index contributed by atoms with van der Waals surface area (Å²) in [5, 5.41) is 12.5. The first-order valence-electron chi connectivity index (χ1n) is 6.21. The molecule has 0 fully saturated rings. The second-order valence-electron chi connectivity index (χ2n) is 5.08. The van der Waals surface area contributed by atoms with Crippen molar-refractivity contribution in [2.24, 2.45) is 0 Å². The summed E-state index contributed by atoms with van der Waals surface area (Å²) in [6.07, 6.45) is -4.08. The molecule has 0 aliphatic carbocycles. The molecule has 120 valence electrons. The number of hydrogen-bond acceptors (Lipinski definition) is 5. The zero-order chi connectivity index (χ0) is 16.7. The van der Waals surface area contributed by atoms with Crippen LogP contribution < -0.4 is 0 Å². The molecule has 6 nitrogen and oxygen atoms in total. The van der Waals surface area contributed by atoms with Gasteiger partial charge in [-0.1, -0.05) is 19.9 Å². The van der Waals surface area contributed by atoms with Crippen LogP contribution in [0.2, 0.25) is 0 Å². The molecule has 0 spiro atoms. The Morgan fingerprint density at radius 3 is 2.27 bits per heavy atom. The van der Waals surface area contributed by atoms with Gasteiger partial charge in [0.25, 0.3) is 0 Å². The molecule has 0 aliphatic rings. The first-order valence-corrected chi connectivity index (χ1v) is 8.11. The highest BCUT2D eigenvalue weighted by Gasteiger charge is 2.39. The number of rotatable bonds is 3. The summed E-state index contributed by atoms with van der Waals surface area (Å²) >= 11 is 0. The summed E-state index contributed by atoms with van der Waals surface area (Å²) in [5.74, 6) is -0.335. The summed E-state index contributed by atoms with van der Waals surface area (Å²) < 4.78 is 63.6. The Hall–Kier alpha value is -1.97. The van der Waals surface area contributed by atoms with Crippen LogP contribution in [0, 0.1) is 0 Å². The fraction of sp³-hybridized carbons (Fsp3) is 0.417. The number of benzene rings is 1. The molecule has 0 unspecified atom stereocenters. The molecular formula is C12H13F3N4O2S. The molecule has 22 heavy (non-hydrogen) atoms. The highest BCUT2D eigenvalue weighted by atomic mass is 32.2. The Morgan fingerprint density at radius 1 is 1.23 bits per heavy atom. The van der Waals surface area contributed by atoms with Crippen molar-refractivity contribution in [3.8, 4) is 11.4 Å². The fourth-order valence-electron chi connectivity index (χ4n) is 2.20. The van der Waals surface area contributed by atoms with Gasteiger partial charge in [-0.05, 0) is 28.0 Å². The van der Waals surface area contributed by atoms with E-state index in [0.717, 1.165) is 12.3 Å². The molecule has 1 heterocycles. The molecule has 1 N–H and O–H groups in total. The Labute approximate surface area is 124 Å². The molecule has 0 saturated heterocycles. The van der Waals surface area contributed by atoms with Gasteiger partial charge < -0.3 is 0 Å². The number of nitrogens with one attached hydrogen (secondary N) is 1. The third-order valence-electron chi connectivity index (χ3n) is 3.07. The van der Waals surface area contributed by atoms with Crippen LogP contribution in [0.15, 0.2) is 17.0 Å². The fourth-order valence-corrected chi connectivity index (χ4v) is 3.37. The molecule has 0 atom stereocenters. The number of tetrazole rings is 1. The first kappa shape index (κ1) is 16.4. The number of alkyl halides is 3. The van der Waals surface area contributed by atoms with Crippen molar-refractivity contribution in [1.29, 1.82) is 0 Å². The van der Waals surface area contributed by atoms with E-state index in [9.17, 15) is 21.6 Å². The van der Waals surface area contributed by atoms with Crippen LogP contribution in [0.5, 0.6) is 0 Å². The van der Waals surface area contributed by atoms with Gasteiger partial charge in [0, 0.05) is 11.8 Å². The maximum Gasteiger partial charge on any atom is 0.417 e. The lowest BCUT2D eigenvalue weighted by Gasteiger charge is -2.19. The first-order chi connectivity index (χ1) is 10.0. The predicted molar refractivity (Wildman–Crippen MR) is 71.8 cm³/mol. The summed E-state index contributed by atoms with van der Waals surface area (Å²) in [4.78, 5) is -0.815. The van der Waals surface area contributed by atoms with Crippen LogP contribution in [0.4, 0.5) is 13.2 Å². The highest BCUT2D eigenvalue weighted by Crippen LogP contribution is 2.41. The Bertz CT molecular complexity index is 783. The van der Waals surface area contributed by atoms with E-state index >= 15 is 0 Å². The number of halogens is 3. The van der Waals surface area contributed by atoms with Gasteiger partial charge >= 0.3 is 6.18 Å². The van der Waals surface area contributed by atoms with Crippen molar-refractivity contribution in [3.05, 3.63) is 23.3 Å². The van der Waals surface area contributed by atoms with E-state index in [1.807, 2.05) is 0 Å². The predicted octanol–water partition coefficient (Wildman–Crippen LogP) is 2.41. The van der Waals surface area contributed by atoms with E-state index in [1.54, 1.807) is 13.8 Å². The average Bonchev–Trinajstić information content (AvgIpc) is 2.88. The number of aromatic amines is 1. The molecule has 1 aromatic carbocycles. The highest BCUT2D eigenvalue weighted by molar-refractivity contribution is 7.91. The van der Waals surface area contributed by atoms with Crippen LogP contribution in [0.3, 0.4) is 0 Å². The third kappa shape index (κ3) is 2.96. The molecule has 0 bridgehead atoms. The zero-order valence-electron chi connectivity index (χ0n) is 11.9. The molecule has 0 radical (unpaired) electrons. The van der Waals surface area contributed by atoms with Crippen LogP contribution in [0.1, 0.15) is 30.9 Å². The molecule has 0 aliphatic heterocycles. The van der Waals surface area contributed by atoms with Crippen LogP contribution in [-0.4, -0.2) is 35.3 Å². The molecule has 2 rings (SSSR count). The largest absolute Gasteiger partial charge is 0.417 e. The van der Waals surface area contributed by atoms with Crippen molar-refractivity contribution in [3.63, 3.8) is 0 Å². The molecule has 10 heteroatoms. The van der Waals surface area contributed by atoms with Crippen LogP contribution >= 0.6 is 0 Å². The lowest BCUT2D eigenvalue weighted by atomic mass is 9.94. The van der Waals surface area contributed by atoms with Gasteiger partial charge in [0.2, 0.25) is 0 Å². The molecule has 0 saturated carbocycles. The lowest BCUT2D eigenvalue weighted by Crippen LogP contribution is -2.15. The van der Waals surface area contributed by atoms with Crippen LogP contribution in [-0.2, 0) is 16.0 Å². The minimum absolute atomic E-state index is 0.116. The molecule has 1 aromatic heterocycles. The summed E-state index contributed by atoms with van der Waals surface area (Å²) in [6.45, 7) is 3.48. The van der Waals surface area contributed by atoms with Gasteiger partial charge in [-0.25, -0.2) is 13.5 Å².